The first kappa shape index (κ1) is 17.3. The third-order valence-corrected chi connectivity index (χ3v) is 2.29. The van der Waals surface area contributed by atoms with Crippen LogP contribution in [0.1, 0.15) is 32.6 Å². The Morgan fingerprint density at radius 2 is 1.74 bits per heavy atom. The van der Waals surface area contributed by atoms with E-state index in [1.54, 1.807) is 37.3 Å². The molecule has 1 N–H and O–H groups in total. The van der Waals surface area contributed by atoms with Gasteiger partial charge in [-0.05, 0) is 25.8 Å². The molecule has 4 nitrogen and oxygen atoms in total. The summed E-state index contributed by atoms with van der Waals surface area (Å²) in [5.74, 6) is -0.204. The molecule has 1 atom stereocenters. The number of hydrogen-bond acceptors (Lipinski definition) is 4. The number of ether oxygens (including phenoxy) is 1. The zero-order chi connectivity index (χ0) is 14.5. The van der Waals surface area contributed by atoms with Gasteiger partial charge >= 0.3 is 5.97 Å². The van der Waals surface area contributed by atoms with Gasteiger partial charge in [0.2, 0.25) is 0 Å². The Kier molecular flexibility index (Phi) is 10.4. The van der Waals surface area contributed by atoms with Gasteiger partial charge in [0, 0.05) is 12.8 Å². The first-order valence-corrected chi connectivity index (χ1v) is 6.35. The lowest BCUT2D eigenvalue weighted by molar-refractivity contribution is -0.140. The van der Waals surface area contributed by atoms with E-state index in [0.717, 1.165) is 0 Å². The van der Waals surface area contributed by atoms with Crippen molar-refractivity contribution in [3.63, 3.8) is 0 Å². The molecule has 0 fully saturated rings. The van der Waals surface area contributed by atoms with E-state index in [-0.39, 0.29) is 11.8 Å². The van der Waals surface area contributed by atoms with E-state index < -0.39 is 6.10 Å². The second-order valence-corrected chi connectivity index (χ2v) is 4.12. The van der Waals surface area contributed by atoms with Gasteiger partial charge in [0.25, 0.3) is 0 Å². The summed E-state index contributed by atoms with van der Waals surface area (Å²) < 4.78 is 4.51. The van der Waals surface area contributed by atoms with Crippen LogP contribution in [0.25, 0.3) is 0 Å². The van der Waals surface area contributed by atoms with Gasteiger partial charge < -0.3 is 9.84 Å². The van der Waals surface area contributed by atoms with Crippen molar-refractivity contribution in [1.29, 1.82) is 0 Å². The molecule has 0 saturated carbocycles. The first-order chi connectivity index (χ1) is 9.06. The average Bonchev–Trinajstić information content (AvgIpc) is 2.38. The Balaban J connectivity index is 3.71. The number of aliphatic hydroxyl groups is 1. The Bertz CT molecular complexity index is 351. The molecule has 0 saturated heterocycles. The van der Waals surface area contributed by atoms with E-state index in [1.807, 2.05) is 0 Å². The number of carbonyl (C=O) groups is 2. The maximum atomic E-state index is 11.4. The summed E-state index contributed by atoms with van der Waals surface area (Å²) in [7, 11) is 1.36. The van der Waals surface area contributed by atoms with Crippen LogP contribution in [0.15, 0.2) is 36.5 Å². The average molecular weight is 266 g/mol. The second kappa shape index (κ2) is 11.4. The highest BCUT2D eigenvalue weighted by Gasteiger charge is 2.01. The zero-order valence-corrected chi connectivity index (χ0v) is 11.5. The van der Waals surface area contributed by atoms with Crippen LogP contribution in [0.2, 0.25) is 0 Å². The smallest absolute Gasteiger partial charge is 0.305 e. The summed E-state index contributed by atoms with van der Waals surface area (Å²) in [6, 6.07) is 0. The molecular weight excluding hydrogens is 244 g/mol. The summed E-state index contributed by atoms with van der Waals surface area (Å²) in [6.07, 6.45) is 11.7. The largest absolute Gasteiger partial charge is 0.469 e. The minimum atomic E-state index is -0.468. The molecule has 0 aliphatic rings. The molecule has 0 rings (SSSR count). The van der Waals surface area contributed by atoms with Crippen molar-refractivity contribution in [2.24, 2.45) is 0 Å². The molecular formula is C15H22O4. The van der Waals surface area contributed by atoms with Crippen LogP contribution in [0.5, 0.6) is 0 Å². The molecule has 0 heterocycles. The van der Waals surface area contributed by atoms with Crippen LogP contribution in [0.3, 0.4) is 0 Å². The maximum absolute atomic E-state index is 11.4. The molecule has 0 aliphatic carbocycles. The molecule has 0 amide bonds. The number of aliphatic hydroxyl groups excluding tert-OH is 1. The molecule has 0 aromatic heterocycles. The molecule has 0 bridgehead atoms. The maximum Gasteiger partial charge on any atom is 0.305 e. The Morgan fingerprint density at radius 3 is 2.37 bits per heavy atom. The summed E-state index contributed by atoms with van der Waals surface area (Å²) in [6.45, 7) is 1.66. The summed E-state index contributed by atoms with van der Waals surface area (Å²) >= 11 is 0. The Labute approximate surface area is 114 Å². The summed E-state index contributed by atoms with van der Waals surface area (Å²) in [5.41, 5.74) is 0. The van der Waals surface area contributed by atoms with Crippen molar-refractivity contribution in [2.45, 2.75) is 38.7 Å². The zero-order valence-electron chi connectivity index (χ0n) is 11.5. The molecule has 4 heteroatoms. The van der Waals surface area contributed by atoms with Gasteiger partial charge in [-0.25, -0.2) is 0 Å². The van der Waals surface area contributed by atoms with E-state index in [2.05, 4.69) is 4.74 Å². The van der Waals surface area contributed by atoms with Crippen molar-refractivity contribution in [3.05, 3.63) is 36.5 Å². The molecule has 0 aromatic rings. The number of allylic oxidation sites excluding steroid dienone is 5. The predicted octanol–water partition coefficient (Wildman–Crippen LogP) is 2.34. The quantitative estimate of drug-likeness (QED) is 0.301. The lowest BCUT2D eigenvalue weighted by Gasteiger charge is -1.97. The third kappa shape index (κ3) is 12.6. The van der Waals surface area contributed by atoms with E-state index in [4.69, 9.17) is 5.11 Å². The first-order valence-electron chi connectivity index (χ1n) is 6.35. The fourth-order valence-electron chi connectivity index (χ4n) is 1.27. The van der Waals surface area contributed by atoms with Crippen molar-refractivity contribution >= 4 is 11.8 Å². The van der Waals surface area contributed by atoms with E-state index in [9.17, 15) is 9.59 Å². The number of hydrogen-bond donors (Lipinski definition) is 1. The highest BCUT2D eigenvalue weighted by molar-refractivity contribution is 5.89. The van der Waals surface area contributed by atoms with Crippen LogP contribution in [0, 0.1) is 0 Å². The minimum Gasteiger partial charge on any atom is -0.469 e. The SMILES string of the molecule is COC(=O)CCCCC(=O)C=CC=CC=CC(C)O. The number of carbonyl (C=O) groups excluding carboxylic acids is 2. The van der Waals surface area contributed by atoms with Gasteiger partial charge in [0.1, 0.15) is 0 Å². The van der Waals surface area contributed by atoms with Gasteiger partial charge in [-0.1, -0.05) is 30.4 Å². The molecule has 0 aromatic carbocycles. The summed E-state index contributed by atoms with van der Waals surface area (Å²) in [5, 5.41) is 8.95. The van der Waals surface area contributed by atoms with Crippen molar-refractivity contribution in [1.82, 2.24) is 0 Å². The van der Waals surface area contributed by atoms with Gasteiger partial charge in [0.15, 0.2) is 5.78 Å². The fourth-order valence-corrected chi connectivity index (χ4v) is 1.27. The van der Waals surface area contributed by atoms with Gasteiger partial charge in [-0.2, -0.15) is 0 Å². The van der Waals surface area contributed by atoms with Crippen LogP contribution in [0.4, 0.5) is 0 Å². The topological polar surface area (TPSA) is 63.6 Å². The highest BCUT2D eigenvalue weighted by Crippen LogP contribution is 2.02. The van der Waals surface area contributed by atoms with Crippen molar-refractivity contribution in [2.75, 3.05) is 7.11 Å². The normalized spacial score (nSPS) is 13.4. The van der Waals surface area contributed by atoms with E-state index >= 15 is 0 Å². The third-order valence-electron chi connectivity index (χ3n) is 2.29. The van der Waals surface area contributed by atoms with Gasteiger partial charge in [0.05, 0.1) is 13.2 Å². The minimum absolute atomic E-state index is 0.0361. The molecule has 0 aliphatic heterocycles. The number of ketones is 1. The van der Waals surface area contributed by atoms with Crippen molar-refractivity contribution < 1.29 is 19.4 Å². The lowest BCUT2D eigenvalue weighted by atomic mass is 10.1. The molecule has 1 unspecified atom stereocenters. The molecule has 19 heavy (non-hydrogen) atoms. The second-order valence-electron chi connectivity index (χ2n) is 4.12. The van der Waals surface area contributed by atoms with Crippen LogP contribution in [-0.2, 0) is 14.3 Å². The Morgan fingerprint density at radius 1 is 1.11 bits per heavy atom. The predicted molar refractivity (Wildman–Crippen MR) is 74.6 cm³/mol. The van der Waals surface area contributed by atoms with Gasteiger partial charge in [-0.3, -0.25) is 9.59 Å². The van der Waals surface area contributed by atoms with E-state index in [0.29, 0.717) is 25.7 Å². The molecule has 0 spiro atoms. The number of unbranched alkanes of at least 4 members (excludes halogenated alkanes) is 1. The van der Waals surface area contributed by atoms with E-state index in [1.165, 1.54) is 13.2 Å². The lowest BCUT2D eigenvalue weighted by Crippen LogP contribution is -2.00. The number of methoxy groups -OCH3 is 1. The van der Waals surface area contributed by atoms with Crippen LogP contribution in [-0.4, -0.2) is 30.1 Å². The van der Waals surface area contributed by atoms with Crippen LogP contribution < -0.4 is 0 Å². The monoisotopic (exact) mass is 266 g/mol. The molecule has 0 radical (unpaired) electrons. The van der Waals surface area contributed by atoms with Crippen molar-refractivity contribution in [3.8, 4) is 0 Å². The fraction of sp³-hybridized carbons (Fsp3) is 0.467. The summed E-state index contributed by atoms with van der Waals surface area (Å²) in [4.78, 5) is 22.2. The van der Waals surface area contributed by atoms with Gasteiger partial charge in [-0.15, -0.1) is 0 Å². The number of esters is 1. The highest BCUT2D eigenvalue weighted by atomic mass is 16.5. The number of rotatable bonds is 9. The van der Waals surface area contributed by atoms with Crippen LogP contribution >= 0.6 is 0 Å². The Hall–Kier alpha value is -1.68. The molecule has 106 valence electrons. The standard InChI is InChI=1S/C15H22O4/c1-13(16)9-5-3-4-6-10-14(17)11-7-8-12-15(18)19-2/h3-6,9-10,13,16H,7-8,11-12H2,1-2H3.